The zero-order chi connectivity index (χ0) is 15.3. The third-order valence-electron chi connectivity index (χ3n) is 2.47. The quantitative estimate of drug-likeness (QED) is 0.660. The lowest BCUT2D eigenvalue weighted by atomic mass is 10.1. The largest absolute Gasteiger partial charge is 0.480 e. The molecule has 0 radical (unpaired) electrons. The van der Waals surface area contributed by atoms with E-state index in [1.165, 1.54) is 12.1 Å². The second-order valence-electron chi connectivity index (χ2n) is 4.19. The number of hydrogen-bond acceptors (Lipinski definition) is 4. The van der Waals surface area contributed by atoms with Gasteiger partial charge in [0.15, 0.2) is 0 Å². The topological polar surface area (TPSA) is 122 Å². The average molecular weight is 300 g/mol. The standard InChI is InChI=1S/C12H14ClN3O4/c1-6-4-7(5-9(13)15-6)11(18)16-8(12(19)20)2-3-10(14)17/h4-5,8H,2-3H2,1H3,(H2,14,17)(H,16,18)(H,19,20). The fourth-order valence-electron chi connectivity index (χ4n) is 1.54. The zero-order valence-corrected chi connectivity index (χ0v) is 11.5. The molecule has 4 N–H and O–H groups in total. The maximum atomic E-state index is 11.9. The first kappa shape index (κ1) is 15.9. The number of nitrogens with two attached hydrogens (primary N) is 1. The van der Waals surface area contributed by atoms with Crippen LogP contribution in [0.2, 0.25) is 5.15 Å². The second kappa shape index (κ2) is 6.85. The van der Waals surface area contributed by atoms with Crippen LogP contribution >= 0.6 is 11.6 Å². The summed E-state index contributed by atoms with van der Waals surface area (Å²) in [6, 6.07) is 1.62. The highest BCUT2D eigenvalue weighted by atomic mass is 35.5. The fraction of sp³-hybridized carbons (Fsp3) is 0.333. The molecule has 0 aromatic carbocycles. The second-order valence-corrected chi connectivity index (χ2v) is 4.58. The molecule has 0 bridgehead atoms. The van der Waals surface area contributed by atoms with Crippen LogP contribution in [0.1, 0.15) is 28.9 Å². The summed E-state index contributed by atoms with van der Waals surface area (Å²) in [5, 5.41) is 11.4. The van der Waals surface area contributed by atoms with Crippen LogP contribution in [0.3, 0.4) is 0 Å². The van der Waals surface area contributed by atoms with Gasteiger partial charge in [0, 0.05) is 17.7 Å². The van der Waals surface area contributed by atoms with E-state index in [0.717, 1.165) is 0 Å². The third-order valence-corrected chi connectivity index (χ3v) is 2.66. The third kappa shape index (κ3) is 4.85. The van der Waals surface area contributed by atoms with Gasteiger partial charge in [-0.3, -0.25) is 9.59 Å². The van der Waals surface area contributed by atoms with Gasteiger partial charge in [-0.2, -0.15) is 0 Å². The van der Waals surface area contributed by atoms with Crippen LogP contribution in [0.5, 0.6) is 0 Å². The Morgan fingerprint density at radius 1 is 1.45 bits per heavy atom. The molecule has 0 aliphatic heterocycles. The van der Waals surface area contributed by atoms with Gasteiger partial charge in [-0.15, -0.1) is 0 Å². The van der Waals surface area contributed by atoms with Crippen LogP contribution in [-0.2, 0) is 9.59 Å². The van der Waals surface area contributed by atoms with E-state index in [-0.39, 0.29) is 23.6 Å². The number of amides is 2. The molecular formula is C12H14ClN3O4. The predicted molar refractivity (Wildman–Crippen MR) is 71.3 cm³/mol. The number of hydrogen-bond donors (Lipinski definition) is 3. The number of aromatic nitrogens is 1. The summed E-state index contributed by atoms with van der Waals surface area (Å²) in [5.41, 5.74) is 5.69. The number of carboxylic acids is 1. The van der Waals surface area contributed by atoms with Crippen molar-refractivity contribution in [3.05, 3.63) is 28.5 Å². The molecule has 1 aromatic heterocycles. The van der Waals surface area contributed by atoms with E-state index in [9.17, 15) is 14.4 Å². The Labute approximate surface area is 120 Å². The Balaban J connectivity index is 2.79. The predicted octanol–water partition coefficient (Wildman–Crippen LogP) is 0.492. The lowest BCUT2D eigenvalue weighted by Gasteiger charge is -2.14. The lowest BCUT2D eigenvalue weighted by molar-refractivity contribution is -0.139. The van der Waals surface area contributed by atoms with Crippen molar-refractivity contribution in [1.29, 1.82) is 0 Å². The Hall–Kier alpha value is -2.15. The van der Waals surface area contributed by atoms with Crippen LogP contribution in [0.4, 0.5) is 0 Å². The Morgan fingerprint density at radius 2 is 2.10 bits per heavy atom. The average Bonchev–Trinajstić information content (AvgIpc) is 2.32. The highest BCUT2D eigenvalue weighted by Gasteiger charge is 2.21. The molecule has 0 saturated heterocycles. The van der Waals surface area contributed by atoms with Gasteiger partial charge >= 0.3 is 5.97 Å². The first-order valence-electron chi connectivity index (χ1n) is 5.75. The summed E-state index contributed by atoms with van der Waals surface area (Å²) in [6.07, 6.45) is -0.207. The van der Waals surface area contributed by atoms with Gasteiger partial charge in [0.2, 0.25) is 5.91 Å². The maximum Gasteiger partial charge on any atom is 0.326 e. The van der Waals surface area contributed by atoms with Crippen LogP contribution < -0.4 is 11.1 Å². The molecule has 1 atom stereocenters. The van der Waals surface area contributed by atoms with Crippen LogP contribution in [0.25, 0.3) is 0 Å². The van der Waals surface area contributed by atoms with Crippen molar-refractivity contribution in [1.82, 2.24) is 10.3 Å². The Kier molecular flexibility index (Phi) is 5.45. The van der Waals surface area contributed by atoms with Gasteiger partial charge in [-0.05, 0) is 25.5 Å². The summed E-state index contributed by atoms with van der Waals surface area (Å²) >= 11 is 5.73. The molecule has 0 fully saturated rings. The summed E-state index contributed by atoms with van der Waals surface area (Å²) < 4.78 is 0. The summed E-state index contributed by atoms with van der Waals surface area (Å²) in [4.78, 5) is 37.5. The van der Waals surface area contributed by atoms with E-state index < -0.39 is 23.8 Å². The van der Waals surface area contributed by atoms with E-state index in [1.54, 1.807) is 6.92 Å². The van der Waals surface area contributed by atoms with Crippen molar-refractivity contribution in [2.45, 2.75) is 25.8 Å². The fourth-order valence-corrected chi connectivity index (χ4v) is 1.80. The number of carbonyl (C=O) groups excluding carboxylic acids is 2. The first-order chi connectivity index (χ1) is 9.29. The van der Waals surface area contributed by atoms with E-state index in [0.29, 0.717) is 5.69 Å². The normalized spacial score (nSPS) is 11.7. The molecule has 1 unspecified atom stereocenters. The minimum absolute atomic E-state index is 0.0752. The number of nitrogens with one attached hydrogen (secondary N) is 1. The molecule has 1 heterocycles. The molecule has 1 rings (SSSR count). The van der Waals surface area contributed by atoms with Crippen molar-refractivity contribution in [3.63, 3.8) is 0 Å². The van der Waals surface area contributed by atoms with Gasteiger partial charge in [-0.25, -0.2) is 9.78 Å². The van der Waals surface area contributed by atoms with Gasteiger partial charge in [-0.1, -0.05) is 11.6 Å². The molecule has 0 aliphatic rings. The Morgan fingerprint density at radius 3 is 2.60 bits per heavy atom. The zero-order valence-electron chi connectivity index (χ0n) is 10.7. The molecule has 108 valence electrons. The number of pyridine rings is 1. The van der Waals surface area contributed by atoms with Crippen molar-refractivity contribution in [2.24, 2.45) is 5.73 Å². The molecule has 2 amide bonds. The minimum Gasteiger partial charge on any atom is -0.480 e. The van der Waals surface area contributed by atoms with Gasteiger partial charge in [0.05, 0.1) is 0 Å². The molecule has 8 heteroatoms. The van der Waals surface area contributed by atoms with Crippen molar-refractivity contribution >= 4 is 29.4 Å². The van der Waals surface area contributed by atoms with E-state index in [1.807, 2.05) is 0 Å². The Bertz CT molecular complexity index is 527. The summed E-state index contributed by atoms with van der Waals surface area (Å²) in [7, 11) is 0. The molecule has 0 spiro atoms. The highest BCUT2D eigenvalue weighted by Crippen LogP contribution is 2.11. The van der Waals surface area contributed by atoms with E-state index >= 15 is 0 Å². The summed E-state index contributed by atoms with van der Waals surface area (Å²) in [5.74, 6) is -2.47. The van der Waals surface area contributed by atoms with Crippen LogP contribution in [-0.4, -0.2) is 33.9 Å². The number of carboxylic acid groups (broad SMARTS) is 1. The molecule has 0 saturated carbocycles. The molecule has 0 aliphatic carbocycles. The van der Waals surface area contributed by atoms with Crippen LogP contribution in [0, 0.1) is 6.92 Å². The number of halogens is 1. The number of carbonyl (C=O) groups is 3. The molecule has 20 heavy (non-hydrogen) atoms. The molecule has 1 aromatic rings. The van der Waals surface area contributed by atoms with Gasteiger partial charge in [0.1, 0.15) is 11.2 Å². The monoisotopic (exact) mass is 299 g/mol. The number of aliphatic carboxylic acids is 1. The minimum atomic E-state index is -1.24. The van der Waals surface area contributed by atoms with Gasteiger partial charge in [0.25, 0.3) is 5.91 Å². The number of primary amides is 1. The SMILES string of the molecule is Cc1cc(C(=O)NC(CCC(N)=O)C(=O)O)cc(Cl)n1. The van der Waals surface area contributed by atoms with Crippen molar-refractivity contribution in [2.75, 3.05) is 0 Å². The van der Waals surface area contributed by atoms with Gasteiger partial charge < -0.3 is 16.2 Å². The van der Waals surface area contributed by atoms with Crippen molar-refractivity contribution in [3.8, 4) is 0 Å². The van der Waals surface area contributed by atoms with E-state index in [2.05, 4.69) is 10.3 Å². The maximum absolute atomic E-state index is 11.9. The summed E-state index contributed by atoms with van der Waals surface area (Å²) in [6.45, 7) is 1.66. The number of rotatable bonds is 6. The highest BCUT2D eigenvalue weighted by molar-refractivity contribution is 6.29. The smallest absolute Gasteiger partial charge is 0.326 e. The first-order valence-corrected chi connectivity index (χ1v) is 6.13. The molecular weight excluding hydrogens is 286 g/mol. The van der Waals surface area contributed by atoms with Crippen LogP contribution in [0.15, 0.2) is 12.1 Å². The molecule has 7 nitrogen and oxygen atoms in total. The lowest BCUT2D eigenvalue weighted by Crippen LogP contribution is -2.41. The van der Waals surface area contributed by atoms with E-state index in [4.69, 9.17) is 22.4 Å². The van der Waals surface area contributed by atoms with Crippen molar-refractivity contribution < 1.29 is 19.5 Å². The number of nitrogens with zero attached hydrogens (tertiary/aromatic N) is 1. The number of aryl methyl sites for hydroxylation is 1.